The number of imide groups is 1. The minimum atomic E-state index is -0.656. The number of carbonyl (C=O) groups excluding carboxylic acids is 3. The number of ether oxygens (including phenoxy) is 1. The third-order valence-corrected chi connectivity index (χ3v) is 8.56. The molecule has 0 unspecified atom stereocenters. The highest BCUT2D eigenvalue weighted by atomic mass is 32.9. The molecule has 0 atom stereocenters. The zero-order valence-electron chi connectivity index (χ0n) is 16.3. The first-order valence-electron chi connectivity index (χ1n) is 9.32. The topological polar surface area (TPSA) is 66.9 Å². The maximum absolute atomic E-state index is 13.4. The van der Waals surface area contributed by atoms with Gasteiger partial charge in [0, 0.05) is 24.0 Å². The van der Waals surface area contributed by atoms with Crippen molar-refractivity contribution < 1.29 is 19.1 Å². The maximum atomic E-state index is 13.4. The Kier molecular flexibility index (Phi) is 5.08. The molecule has 0 spiro atoms. The number of likely N-dealkylation sites (tertiary alicyclic amines) is 1. The lowest BCUT2D eigenvalue weighted by Crippen LogP contribution is -2.52. The van der Waals surface area contributed by atoms with Crippen LogP contribution in [0.15, 0.2) is 18.2 Å². The summed E-state index contributed by atoms with van der Waals surface area (Å²) >= 11 is 5.60. The highest BCUT2D eigenvalue weighted by Crippen LogP contribution is 2.52. The fourth-order valence-electron chi connectivity index (χ4n) is 3.92. The van der Waals surface area contributed by atoms with E-state index in [0.29, 0.717) is 18.0 Å². The second-order valence-electron chi connectivity index (χ2n) is 7.43. The molecule has 3 heterocycles. The highest BCUT2D eigenvalue weighted by Gasteiger charge is 2.44. The summed E-state index contributed by atoms with van der Waals surface area (Å²) < 4.78 is 6.44. The number of benzene rings is 1. The smallest absolute Gasteiger partial charge is 0.247 e. The molecular formula is C20H20N2O4S3. The van der Waals surface area contributed by atoms with Crippen molar-refractivity contribution in [2.24, 2.45) is 0 Å². The van der Waals surface area contributed by atoms with Crippen LogP contribution >= 0.6 is 32.9 Å². The number of anilines is 1. The van der Waals surface area contributed by atoms with Crippen molar-refractivity contribution in [2.75, 3.05) is 18.1 Å². The quantitative estimate of drug-likeness (QED) is 0.396. The van der Waals surface area contributed by atoms with E-state index in [1.165, 1.54) is 10.3 Å². The summed E-state index contributed by atoms with van der Waals surface area (Å²) in [6.07, 6.45) is 0.333. The summed E-state index contributed by atoms with van der Waals surface area (Å²) in [6.45, 7) is 6.13. The molecule has 9 heteroatoms. The van der Waals surface area contributed by atoms with Crippen LogP contribution in [-0.4, -0.2) is 35.8 Å². The maximum Gasteiger partial charge on any atom is 0.247 e. The molecule has 1 fully saturated rings. The molecule has 2 aliphatic heterocycles. The van der Waals surface area contributed by atoms with Crippen LogP contribution in [0.1, 0.15) is 38.5 Å². The minimum absolute atomic E-state index is 0.167. The Hall–Kier alpha value is -2.10. The van der Waals surface area contributed by atoms with E-state index in [4.69, 9.17) is 17.0 Å². The molecule has 0 radical (unpaired) electrons. The zero-order chi connectivity index (χ0) is 20.9. The van der Waals surface area contributed by atoms with Gasteiger partial charge >= 0.3 is 0 Å². The number of fused-ring (bicyclic) bond motifs is 3. The lowest BCUT2D eigenvalue weighted by Gasteiger charge is -2.43. The fraction of sp³-hybridized carbons (Fsp3) is 0.400. The Morgan fingerprint density at radius 2 is 1.90 bits per heavy atom. The van der Waals surface area contributed by atoms with Crippen LogP contribution in [0.3, 0.4) is 0 Å². The van der Waals surface area contributed by atoms with Crippen molar-refractivity contribution >= 4 is 56.3 Å². The predicted molar refractivity (Wildman–Crippen MR) is 116 cm³/mol. The van der Waals surface area contributed by atoms with Crippen LogP contribution in [0.5, 0.6) is 5.75 Å². The molecule has 1 aromatic heterocycles. The summed E-state index contributed by atoms with van der Waals surface area (Å²) in [5.41, 5.74) is 1.87. The molecule has 0 N–H and O–H groups in total. The van der Waals surface area contributed by atoms with Gasteiger partial charge in [-0.1, -0.05) is 32.9 Å². The van der Waals surface area contributed by atoms with E-state index in [1.807, 2.05) is 39.0 Å². The lowest BCUT2D eigenvalue weighted by molar-refractivity contribution is -0.142. The van der Waals surface area contributed by atoms with Crippen molar-refractivity contribution in [3.05, 3.63) is 26.9 Å². The van der Waals surface area contributed by atoms with Crippen LogP contribution in [0, 0.1) is 3.82 Å². The first-order valence-corrected chi connectivity index (χ1v) is 11.9. The largest absolute Gasteiger partial charge is 0.494 e. The van der Waals surface area contributed by atoms with Gasteiger partial charge in [-0.3, -0.25) is 24.2 Å². The lowest BCUT2D eigenvalue weighted by atomic mass is 9.87. The van der Waals surface area contributed by atoms with Crippen LogP contribution in [0.25, 0.3) is 11.1 Å². The molecule has 1 saturated heterocycles. The van der Waals surface area contributed by atoms with Gasteiger partial charge in [0.1, 0.15) is 16.1 Å². The molecule has 29 heavy (non-hydrogen) atoms. The fourth-order valence-corrected chi connectivity index (χ4v) is 7.20. The summed E-state index contributed by atoms with van der Waals surface area (Å²) in [7, 11) is 3.07. The van der Waals surface area contributed by atoms with E-state index in [9.17, 15) is 14.4 Å². The van der Waals surface area contributed by atoms with Crippen LogP contribution < -0.4 is 9.64 Å². The third kappa shape index (κ3) is 3.21. The molecule has 4 rings (SSSR count). The summed E-state index contributed by atoms with van der Waals surface area (Å²) in [5, 5.41) is 0. The molecular weight excluding hydrogens is 428 g/mol. The molecule has 0 saturated carbocycles. The van der Waals surface area contributed by atoms with Gasteiger partial charge in [0.05, 0.1) is 22.7 Å². The van der Waals surface area contributed by atoms with Crippen molar-refractivity contribution in [1.82, 2.24) is 4.90 Å². The highest BCUT2D eigenvalue weighted by molar-refractivity contribution is 7.80. The number of nitrogens with zero attached hydrogens (tertiary/aromatic N) is 2. The first kappa shape index (κ1) is 20.2. The van der Waals surface area contributed by atoms with Crippen molar-refractivity contribution in [3.8, 4) is 16.9 Å². The van der Waals surface area contributed by atoms with E-state index < -0.39 is 5.54 Å². The van der Waals surface area contributed by atoms with Crippen LogP contribution in [-0.2, 0) is 19.9 Å². The number of amides is 3. The molecule has 1 aromatic carbocycles. The number of carbonyl (C=O) groups is 3. The number of hydrogen-bond acceptors (Lipinski definition) is 7. The Morgan fingerprint density at radius 3 is 2.55 bits per heavy atom. The third-order valence-electron chi connectivity index (χ3n) is 5.23. The van der Waals surface area contributed by atoms with Crippen molar-refractivity contribution in [2.45, 2.75) is 39.2 Å². The van der Waals surface area contributed by atoms with E-state index in [1.54, 1.807) is 15.2 Å². The van der Waals surface area contributed by atoms with Gasteiger partial charge in [0.25, 0.3) is 0 Å². The molecule has 2 aliphatic rings. The van der Waals surface area contributed by atoms with Gasteiger partial charge < -0.3 is 4.74 Å². The number of hydrogen-bond donors (Lipinski definition) is 0. The average molecular weight is 449 g/mol. The normalized spacial score (nSPS) is 17.3. The van der Waals surface area contributed by atoms with E-state index in [-0.39, 0.29) is 37.1 Å². The Bertz CT molecular complexity index is 1070. The zero-order valence-corrected chi connectivity index (χ0v) is 18.8. The first-order chi connectivity index (χ1) is 13.8. The number of rotatable bonds is 4. The molecule has 0 bridgehead atoms. The Morgan fingerprint density at radius 1 is 1.21 bits per heavy atom. The van der Waals surface area contributed by atoms with Gasteiger partial charge in [0.2, 0.25) is 17.7 Å². The summed E-state index contributed by atoms with van der Waals surface area (Å²) in [4.78, 5) is 41.2. The Balaban J connectivity index is 1.82. The molecule has 0 aliphatic carbocycles. The second kappa shape index (κ2) is 7.30. The SMILES string of the molecule is CCOc1ccc2c(c1)-c1c(ssc1=S)C(C)(C)N2C(=O)CN1C(=O)CCC1=O. The Labute approximate surface area is 181 Å². The average Bonchev–Trinajstić information content (AvgIpc) is 3.20. The summed E-state index contributed by atoms with van der Waals surface area (Å²) in [6, 6.07) is 5.59. The van der Waals surface area contributed by atoms with Gasteiger partial charge in [0.15, 0.2) is 0 Å². The van der Waals surface area contributed by atoms with Gasteiger partial charge in [-0.2, -0.15) is 0 Å². The molecule has 6 nitrogen and oxygen atoms in total. The monoisotopic (exact) mass is 448 g/mol. The van der Waals surface area contributed by atoms with Crippen molar-refractivity contribution in [3.63, 3.8) is 0 Å². The van der Waals surface area contributed by atoms with E-state index in [2.05, 4.69) is 0 Å². The van der Waals surface area contributed by atoms with Gasteiger partial charge in [-0.25, -0.2) is 0 Å². The van der Waals surface area contributed by atoms with Gasteiger partial charge in [-0.15, -0.1) is 0 Å². The molecule has 3 amide bonds. The molecule has 152 valence electrons. The van der Waals surface area contributed by atoms with E-state index in [0.717, 1.165) is 24.7 Å². The van der Waals surface area contributed by atoms with Crippen LogP contribution in [0.2, 0.25) is 0 Å². The second-order valence-corrected chi connectivity index (χ2v) is 10.2. The van der Waals surface area contributed by atoms with Crippen LogP contribution in [0.4, 0.5) is 5.69 Å². The summed E-state index contributed by atoms with van der Waals surface area (Å²) in [5.74, 6) is -0.173. The standard InChI is InChI=1S/C20H20N2O4S3/c1-4-26-11-5-6-13-12(9-11)17-18(28-29-19(17)27)20(2,3)22(13)16(25)10-21-14(23)7-8-15(21)24/h5-6,9H,4,7-8,10H2,1-3H3. The van der Waals surface area contributed by atoms with E-state index >= 15 is 0 Å². The van der Waals surface area contributed by atoms with Gasteiger partial charge in [-0.05, 0) is 39.0 Å². The minimum Gasteiger partial charge on any atom is -0.494 e. The predicted octanol–water partition coefficient (Wildman–Crippen LogP) is 4.34. The molecule has 2 aromatic rings. The van der Waals surface area contributed by atoms with Crippen molar-refractivity contribution in [1.29, 1.82) is 0 Å².